The zero-order valence-electron chi connectivity index (χ0n) is 18.7. The van der Waals surface area contributed by atoms with Gasteiger partial charge in [-0.2, -0.15) is 0 Å². The largest absolute Gasteiger partial charge is 0.462 e. The fraction of sp³-hybridized carbons (Fsp3) is 0.417. The van der Waals surface area contributed by atoms with Crippen LogP contribution in [0.1, 0.15) is 50.9 Å². The number of likely N-dealkylation sites (tertiary alicyclic amines) is 1. The molecule has 1 aliphatic rings. The summed E-state index contributed by atoms with van der Waals surface area (Å²) in [5.41, 5.74) is 1.14. The second-order valence-corrected chi connectivity index (χ2v) is 8.94. The highest BCUT2D eigenvalue weighted by atomic mass is 35.5. The summed E-state index contributed by atoms with van der Waals surface area (Å²) < 4.78 is 24.5. The minimum atomic E-state index is -0.629. The third kappa shape index (κ3) is 5.51. The van der Waals surface area contributed by atoms with E-state index < -0.39 is 23.5 Å². The second kappa shape index (κ2) is 9.77. The van der Waals surface area contributed by atoms with Crippen molar-refractivity contribution in [2.24, 2.45) is 0 Å². The van der Waals surface area contributed by atoms with Crippen molar-refractivity contribution in [2.75, 3.05) is 18.1 Å². The highest BCUT2D eigenvalue weighted by Gasteiger charge is 2.37. The van der Waals surface area contributed by atoms with Crippen LogP contribution < -0.4 is 4.90 Å². The van der Waals surface area contributed by atoms with Gasteiger partial charge >= 0.3 is 12.1 Å². The Morgan fingerprint density at radius 1 is 1.16 bits per heavy atom. The number of ether oxygens (including phenoxy) is 2. The fourth-order valence-electron chi connectivity index (χ4n) is 3.65. The van der Waals surface area contributed by atoms with E-state index in [1.807, 2.05) is 25.7 Å². The molecule has 0 spiro atoms. The number of benzene rings is 2. The van der Waals surface area contributed by atoms with E-state index in [0.29, 0.717) is 24.2 Å². The normalized spacial score (nSPS) is 16.1. The first-order valence-electron chi connectivity index (χ1n) is 10.6. The van der Waals surface area contributed by atoms with Crippen molar-refractivity contribution in [3.05, 3.63) is 58.9 Å². The van der Waals surface area contributed by atoms with Crippen molar-refractivity contribution in [1.82, 2.24) is 4.90 Å². The summed E-state index contributed by atoms with van der Waals surface area (Å²) in [6.45, 7) is 8.03. The molecule has 0 aliphatic carbocycles. The maximum atomic E-state index is 13.9. The highest BCUT2D eigenvalue weighted by Crippen LogP contribution is 2.36. The molecule has 0 bridgehead atoms. The smallest absolute Gasteiger partial charge is 0.411 e. The van der Waals surface area contributed by atoms with E-state index in [1.54, 1.807) is 42.2 Å². The van der Waals surface area contributed by atoms with Crippen molar-refractivity contribution < 1.29 is 23.5 Å². The Kier molecular flexibility index (Phi) is 7.29. The van der Waals surface area contributed by atoms with Gasteiger partial charge in [-0.25, -0.2) is 14.0 Å². The van der Waals surface area contributed by atoms with E-state index in [1.165, 1.54) is 12.1 Å². The third-order valence-electron chi connectivity index (χ3n) is 4.99. The average molecular weight is 463 g/mol. The Labute approximate surface area is 192 Å². The van der Waals surface area contributed by atoms with E-state index in [-0.39, 0.29) is 17.8 Å². The molecule has 6 nitrogen and oxygen atoms in total. The van der Waals surface area contributed by atoms with E-state index in [4.69, 9.17) is 21.1 Å². The van der Waals surface area contributed by atoms with Gasteiger partial charge in [0, 0.05) is 17.9 Å². The fourth-order valence-corrected chi connectivity index (χ4v) is 3.83. The zero-order chi connectivity index (χ0) is 23.5. The summed E-state index contributed by atoms with van der Waals surface area (Å²) in [5, 5.41) is -0.0162. The van der Waals surface area contributed by atoms with Crippen LogP contribution >= 0.6 is 11.6 Å². The zero-order valence-corrected chi connectivity index (χ0v) is 19.5. The average Bonchev–Trinajstić information content (AvgIpc) is 3.20. The monoisotopic (exact) mass is 462 g/mol. The molecule has 1 atom stereocenters. The quantitative estimate of drug-likeness (QED) is 0.498. The summed E-state index contributed by atoms with van der Waals surface area (Å²) in [5.74, 6) is -0.935. The number of carbonyl (C=O) groups excluding carboxylic acids is 2. The van der Waals surface area contributed by atoms with Crippen LogP contribution in [0.4, 0.5) is 20.6 Å². The molecule has 3 rings (SSSR count). The summed E-state index contributed by atoms with van der Waals surface area (Å²) in [7, 11) is 0. The molecule has 0 radical (unpaired) electrons. The molecule has 0 saturated carbocycles. The lowest BCUT2D eigenvalue weighted by Crippen LogP contribution is -2.47. The molecule has 0 unspecified atom stereocenters. The molecule has 1 saturated heterocycles. The van der Waals surface area contributed by atoms with Crippen molar-refractivity contribution in [3.63, 3.8) is 0 Å². The molecule has 1 amide bonds. The Bertz CT molecular complexity index is 975. The van der Waals surface area contributed by atoms with Crippen molar-refractivity contribution in [1.29, 1.82) is 0 Å². The molecular weight excluding hydrogens is 435 g/mol. The summed E-state index contributed by atoms with van der Waals surface area (Å²) >= 11 is 6.07. The Morgan fingerprint density at radius 2 is 1.81 bits per heavy atom. The molecule has 32 heavy (non-hydrogen) atoms. The molecule has 2 aromatic rings. The number of nitrogens with zero attached hydrogens (tertiary/aromatic N) is 2. The van der Waals surface area contributed by atoms with Gasteiger partial charge in [0.05, 0.1) is 17.2 Å². The van der Waals surface area contributed by atoms with Crippen LogP contribution in [-0.2, 0) is 9.47 Å². The van der Waals surface area contributed by atoms with Crippen molar-refractivity contribution >= 4 is 35.0 Å². The summed E-state index contributed by atoms with van der Waals surface area (Å²) in [6.07, 6.45) is 0.700. The van der Waals surface area contributed by atoms with E-state index in [9.17, 15) is 14.0 Å². The van der Waals surface area contributed by atoms with Gasteiger partial charge in [-0.05, 0) is 83.0 Å². The number of amides is 1. The van der Waals surface area contributed by atoms with E-state index >= 15 is 0 Å². The molecule has 0 aromatic heterocycles. The number of hydrogen-bond donors (Lipinski definition) is 0. The predicted molar refractivity (Wildman–Crippen MR) is 122 cm³/mol. The minimum absolute atomic E-state index is 0.0162. The lowest BCUT2D eigenvalue weighted by molar-refractivity contribution is 0.0230. The van der Waals surface area contributed by atoms with Gasteiger partial charge in [0.2, 0.25) is 0 Å². The molecule has 1 heterocycles. The lowest BCUT2D eigenvalue weighted by Gasteiger charge is -2.37. The highest BCUT2D eigenvalue weighted by molar-refractivity contribution is 6.31. The molecular formula is C24H28ClFN2O4. The number of anilines is 2. The van der Waals surface area contributed by atoms with Gasteiger partial charge in [0.25, 0.3) is 0 Å². The van der Waals surface area contributed by atoms with Crippen molar-refractivity contribution in [2.45, 2.75) is 52.3 Å². The lowest BCUT2D eigenvalue weighted by atomic mass is 10.1. The first-order valence-corrected chi connectivity index (χ1v) is 11.0. The summed E-state index contributed by atoms with van der Waals surface area (Å²) in [6, 6.07) is 11.3. The molecule has 8 heteroatoms. The minimum Gasteiger partial charge on any atom is -0.462 e. The first-order chi connectivity index (χ1) is 15.1. The van der Waals surface area contributed by atoms with Crippen LogP contribution in [0.5, 0.6) is 0 Å². The molecule has 172 valence electrons. The van der Waals surface area contributed by atoms with Gasteiger partial charge < -0.3 is 14.4 Å². The predicted octanol–water partition coefficient (Wildman–Crippen LogP) is 6.15. The van der Waals surface area contributed by atoms with Crippen LogP contribution in [0.15, 0.2) is 42.5 Å². The molecule has 1 fully saturated rings. The summed E-state index contributed by atoms with van der Waals surface area (Å²) in [4.78, 5) is 28.5. The van der Waals surface area contributed by atoms with Crippen LogP contribution in [0.25, 0.3) is 0 Å². The topological polar surface area (TPSA) is 59.1 Å². The Hall–Kier alpha value is -2.80. The van der Waals surface area contributed by atoms with Gasteiger partial charge in [-0.1, -0.05) is 11.6 Å². The molecule has 1 aliphatic heterocycles. The number of halogens is 2. The molecule has 0 N–H and O–H groups in total. The van der Waals surface area contributed by atoms with Crippen LogP contribution in [0, 0.1) is 5.82 Å². The first kappa shape index (κ1) is 23.9. The Morgan fingerprint density at radius 3 is 2.41 bits per heavy atom. The van der Waals surface area contributed by atoms with E-state index in [0.717, 1.165) is 12.1 Å². The van der Waals surface area contributed by atoms with Crippen LogP contribution in [0.3, 0.4) is 0 Å². The SMILES string of the molecule is CCOC(=O)c1ccc(N(c2ccc(F)c(Cl)c2)[C@@H]2CCCN2C(=O)OC(C)(C)C)cc1. The maximum Gasteiger partial charge on any atom is 0.411 e. The van der Waals surface area contributed by atoms with Gasteiger partial charge in [-0.15, -0.1) is 0 Å². The van der Waals surface area contributed by atoms with Crippen molar-refractivity contribution in [3.8, 4) is 0 Å². The van der Waals surface area contributed by atoms with Gasteiger partial charge in [-0.3, -0.25) is 4.90 Å². The second-order valence-electron chi connectivity index (χ2n) is 8.53. The maximum absolute atomic E-state index is 13.9. The number of hydrogen-bond acceptors (Lipinski definition) is 5. The number of rotatable bonds is 5. The Balaban J connectivity index is 2.00. The third-order valence-corrected chi connectivity index (χ3v) is 5.27. The standard InChI is InChI=1S/C24H28ClFN2O4/c1-5-31-22(29)16-8-10-17(11-9-16)28(18-12-13-20(26)19(25)15-18)21-7-6-14-27(21)23(30)32-24(2,3)4/h8-13,15,21H,5-7,14H2,1-4H3/t21-/m1/s1. The van der Waals surface area contributed by atoms with Crippen LogP contribution in [-0.4, -0.2) is 41.9 Å². The van der Waals surface area contributed by atoms with Gasteiger partial charge in [0.15, 0.2) is 0 Å². The number of carbonyl (C=O) groups is 2. The van der Waals surface area contributed by atoms with E-state index in [2.05, 4.69) is 0 Å². The van der Waals surface area contributed by atoms with Gasteiger partial charge in [0.1, 0.15) is 17.6 Å². The number of esters is 1. The molecule has 2 aromatic carbocycles. The van der Waals surface area contributed by atoms with Crippen LogP contribution in [0.2, 0.25) is 5.02 Å².